The van der Waals surface area contributed by atoms with Crippen LogP contribution in [0.5, 0.6) is 0 Å². The number of hydrogen-bond donors (Lipinski definition) is 1. The van der Waals surface area contributed by atoms with Crippen LogP contribution in [0.3, 0.4) is 0 Å². The molecule has 8 rings (SSSR count). The molecule has 0 radical (unpaired) electrons. The quantitative estimate of drug-likeness (QED) is 0.191. The number of H-pyrrole nitrogens is 1. The summed E-state index contributed by atoms with van der Waals surface area (Å²) in [7, 11) is 0. The molecule has 0 atom stereocenters. The van der Waals surface area contributed by atoms with E-state index in [1.54, 1.807) is 0 Å². The molecule has 0 spiro atoms. The third-order valence-corrected chi connectivity index (χ3v) is 9.73. The van der Waals surface area contributed by atoms with Gasteiger partial charge in [0.15, 0.2) is 0 Å². The number of nitrogens with zero attached hydrogens (tertiary/aromatic N) is 3. The number of fused-ring (bicyclic) bond motifs is 2. The molecule has 1 aliphatic rings. The Labute approximate surface area is 276 Å². The number of anilines is 3. The molecule has 0 aliphatic carbocycles. The van der Waals surface area contributed by atoms with Crippen molar-refractivity contribution in [2.75, 3.05) is 4.90 Å². The van der Waals surface area contributed by atoms with Crippen LogP contribution in [0.4, 0.5) is 17.1 Å². The maximum absolute atomic E-state index is 5.06. The van der Waals surface area contributed by atoms with Gasteiger partial charge in [-0.15, -0.1) is 0 Å². The molecule has 3 heterocycles. The number of nitrogens with one attached hydrogen (secondary N) is 1. The first kappa shape index (κ1) is 28.7. The Balaban J connectivity index is 1.43. The minimum absolute atomic E-state index is 0.217. The van der Waals surface area contributed by atoms with Crippen LogP contribution in [0, 0.1) is 6.92 Å². The molecule has 0 bridgehead atoms. The SMILES string of the molecule is Cc1cc(-c2cccc(N3c4ccccc4C(C)(C)c4ccc(C(c5ccccc5)(c5ccccc5)c5ccccn5)cc43)c2)n[nH]1. The second-order valence-corrected chi connectivity index (χ2v) is 12.9. The zero-order valence-electron chi connectivity index (χ0n) is 26.9. The molecule has 47 heavy (non-hydrogen) atoms. The molecule has 1 N–H and O–H groups in total. The van der Waals surface area contributed by atoms with Crippen molar-refractivity contribution in [1.82, 2.24) is 15.2 Å². The van der Waals surface area contributed by atoms with Gasteiger partial charge in [0, 0.05) is 28.6 Å². The van der Waals surface area contributed by atoms with Gasteiger partial charge < -0.3 is 4.90 Å². The van der Waals surface area contributed by atoms with E-state index in [0.717, 1.165) is 39.6 Å². The van der Waals surface area contributed by atoms with Crippen molar-refractivity contribution in [2.45, 2.75) is 31.6 Å². The van der Waals surface area contributed by atoms with Gasteiger partial charge in [0.2, 0.25) is 0 Å². The lowest BCUT2D eigenvalue weighted by Gasteiger charge is -2.43. The Kier molecular flexibility index (Phi) is 6.87. The predicted molar refractivity (Wildman–Crippen MR) is 192 cm³/mol. The van der Waals surface area contributed by atoms with E-state index < -0.39 is 5.41 Å². The number of aromatic nitrogens is 3. The monoisotopic (exact) mass is 608 g/mol. The number of rotatable bonds is 6. The summed E-state index contributed by atoms with van der Waals surface area (Å²) in [5.74, 6) is 0. The largest absolute Gasteiger partial charge is 0.310 e. The van der Waals surface area contributed by atoms with Gasteiger partial charge in [-0.2, -0.15) is 5.10 Å². The van der Waals surface area contributed by atoms with Crippen LogP contribution in [0.1, 0.15) is 53.1 Å². The second kappa shape index (κ2) is 11.3. The van der Waals surface area contributed by atoms with Gasteiger partial charge in [0.25, 0.3) is 0 Å². The molecule has 4 heteroatoms. The van der Waals surface area contributed by atoms with Gasteiger partial charge >= 0.3 is 0 Å². The Morgan fingerprint density at radius 1 is 0.596 bits per heavy atom. The van der Waals surface area contributed by atoms with Gasteiger partial charge in [0.1, 0.15) is 0 Å². The molecule has 5 aromatic carbocycles. The number of para-hydroxylation sites is 1. The highest BCUT2D eigenvalue weighted by atomic mass is 15.2. The molecule has 4 nitrogen and oxygen atoms in total. The summed E-state index contributed by atoms with van der Waals surface area (Å²) in [6.45, 7) is 6.71. The summed E-state index contributed by atoms with van der Waals surface area (Å²) < 4.78 is 0. The van der Waals surface area contributed by atoms with Crippen LogP contribution < -0.4 is 4.90 Å². The molecule has 2 aromatic heterocycles. The van der Waals surface area contributed by atoms with E-state index in [1.165, 1.54) is 27.9 Å². The van der Waals surface area contributed by atoms with E-state index in [4.69, 9.17) is 4.98 Å². The maximum atomic E-state index is 5.06. The van der Waals surface area contributed by atoms with Crippen molar-refractivity contribution in [1.29, 1.82) is 0 Å². The average molecular weight is 609 g/mol. The Morgan fingerprint density at radius 3 is 1.96 bits per heavy atom. The van der Waals surface area contributed by atoms with Crippen LogP contribution in [0.15, 0.2) is 158 Å². The molecule has 7 aromatic rings. The normalized spacial score (nSPS) is 13.6. The first-order chi connectivity index (χ1) is 23.0. The molecule has 0 saturated carbocycles. The van der Waals surface area contributed by atoms with E-state index in [9.17, 15) is 0 Å². The zero-order valence-corrected chi connectivity index (χ0v) is 26.9. The summed E-state index contributed by atoms with van der Waals surface area (Å²) in [6, 6.07) is 54.5. The number of hydrogen-bond acceptors (Lipinski definition) is 3. The number of aromatic amines is 1. The van der Waals surface area contributed by atoms with Gasteiger partial charge in [0.05, 0.1) is 28.2 Å². The van der Waals surface area contributed by atoms with E-state index in [-0.39, 0.29) is 5.41 Å². The Bertz CT molecular complexity index is 2090. The Morgan fingerprint density at radius 2 is 1.28 bits per heavy atom. The zero-order chi connectivity index (χ0) is 32.0. The van der Waals surface area contributed by atoms with Crippen LogP contribution in [0.2, 0.25) is 0 Å². The second-order valence-electron chi connectivity index (χ2n) is 12.9. The lowest BCUT2D eigenvalue weighted by Crippen LogP contribution is -2.34. The van der Waals surface area contributed by atoms with E-state index in [0.29, 0.717) is 0 Å². The van der Waals surface area contributed by atoms with Crippen LogP contribution in [-0.4, -0.2) is 15.2 Å². The standard InChI is InChI=1S/C43H36N4/c1-30-27-38(46-45-30)31-15-14-20-35(28-31)47-39-22-11-10-21-36(39)42(2,3)37-25-24-34(29-40(37)47)43(32-16-6-4-7-17-32,33-18-8-5-9-19-33)41-23-12-13-26-44-41/h4-29H,1-3H3,(H,45,46). The average Bonchev–Trinajstić information content (AvgIpc) is 3.56. The van der Waals surface area contributed by atoms with Crippen molar-refractivity contribution in [2.24, 2.45) is 0 Å². The van der Waals surface area contributed by atoms with Crippen molar-refractivity contribution in [3.63, 3.8) is 0 Å². The molecule has 0 saturated heterocycles. The summed E-state index contributed by atoms with van der Waals surface area (Å²) in [5.41, 5.74) is 12.7. The first-order valence-electron chi connectivity index (χ1n) is 16.2. The molecule has 0 amide bonds. The lowest BCUT2D eigenvalue weighted by atomic mass is 9.65. The van der Waals surface area contributed by atoms with Crippen LogP contribution in [-0.2, 0) is 10.8 Å². The summed E-state index contributed by atoms with van der Waals surface area (Å²) in [6.07, 6.45) is 1.91. The Hall–Kier alpha value is -5.74. The van der Waals surface area contributed by atoms with E-state index in [2.05, 4.69) is 175 Å². The number of pyridine rings is 1. The number of aryl methyl sites for hydroxylation is 1. The highest BCUT2D eigenvalue weighted by Crippen LogP contribution is 2.54. The summed E-state index contributed by atoms with van der Waals surface area (Å²) in [5, 5.41) is 7.69. The lowest BCUT2D eigenvalue weighted by molar-refractivity contribution is 0.629. The van der Waals surface area contributed by atoms with Crippen molar-refractivity contribution >= 4 is 17.1 Å². The van der Waals surface area contributed by atoms with Crippen molar-refractivity contribution < 1.29 is 0 Å². The summed E-state index contributed by atoms with van der Waals surface area (Å²) in [4.78, 5) is 7.49. The molecular formula is C43H36N4. The minimum Gasteiger partial charge on any atom is -0.310 e. The van der Waals surface area contributed by atoms with Crippen molar-refractivity contribution in [3.05, 3.63) is 197 Å². The fourth-order valence-electron chi connectivity index (χ4n) is 7.50. The van der Waals surface area contributed by atoms with E-state index in [1.807, 2.05) is 19.2 Å². The van der Waals surface area contributed by atoms with Gasteiger partial charge in [-0.3, -0.25) is 10.1 Å². The third-order valence-electron chi connectivity index (χ3n) is 9.73. The van der Waals surface area contributed by atoms with Crippen LogP contribution in [0.25, 0.3) is 11.3 Å². The van der Waals surface area contributed by atoms with Crippen molar-refractivity contribution in [3.8, 4) is 11.3 Å². The highest BCUT2D eigenvalue weighted by molar-refractivity contribution is 5.88. The topological polar surface area (TPSA) is 44.8 Å². The molecule has 0 unspecified atom stereocenters. The smallest absolute Gasteiger partial charge is 0.0924 e. The van der Waals surface area contributed by atoms with Gasteiger partial charge in [-0.05, 0) is 77.2 Å². The van der Waals surface area contributed by atoms with Crippen LogP contribution >= 0.6 is 0 Å². The fourth-order valence-corrected chi connectivity index (χ4v) is 7.50. The number of benzene rings is 5. The predicted octanol–water partition coefficient (Wildman–Crippen LogP) is 10.3. The minimum atomic E-state index is -0.653. The molecule has 0 fully saturated rings. The fraction of sp³-hybridized carbons (Fsp3) is 0.116. The molecular weight excluding hydrogens is 573 g/mol. The van der Waals surface area contributed by atoms with E-state index >= 15 is 0 Å². The first-order valence-corrected chi connectivity index (χ1v) is 16.2. The van der Waals surface area contributed by atoms with Gasteiger partial charge in [-0.25, -0.2) is 0 Å². The maximum Gasteiger partial charge on any atom is 0.0924 e. The summed E-state index contributed by atoms with van der Waals surface area (Å²) >= 11 is 0. The third kappa shape index (κ3) is 4.59. The molecule has 228 valence electrons. The highest BCUT2D eigenvalue weighted by Gasteiger charge is 2.43. The van der Waals surface area contributed by atoms with Gasteiger partial charge in [-0.1, -0.05) is 123 Å². The molecule has 1 aliphatic heterocycles.